The van der Waals surface area contributed by atoms with Gasteiger partial charge < -0.3 is 4.74 Å². The van der Waals surface area contributed by atoms with Crippen molar-refractivity contribution in [2.75, 3.05) is 0 Å². The van der Waals surface area contributed by atoms with E-state index in [2.05, 4.69) is 6.58 Å². The fourth-order valence-corrected chi connectivity index (χ4v) is 0.954. The van der Waals surface area contributed by atoms with Gasteiger partial charge in [0.2, 0.25) is 0 Å². The number of allylic oxidation sites excluding steroid dienone is 2. The molecule has 1 unspecified atom stereocenters. The van der Waals surface area contributed by atoms with E-state index in [9.17, 15) is 4.79 Å². The Morgan fingerprint density at radius 3 is 3.00 bits per heavy atom. The number of cyclic esters (lactones) is 1. The summed E-state index contributed by atoms with van der Waals surface area (Å²) in [5.41, 5.74) is 0.980. The standard InChI is InChI=1S/C9H12O2/c1-7(2)3-4-8-5-6-9(10)11-8/h3-4,8H,1,5-6H2,2H3/b4-3-. The quantitative estimate of drug-likeness (QED) is 0.445. The molecule has 0 aromatic heterocycles. The second-order valence-corrected chi connectivity index (χ2v) is 2.77. The summed E-state index contributed by atoms with van der Waals surface area (Å²) < 4.78 is 4.94. The van der Waals surface area contributed by atoms with Crippen molar-refractivity contribution in [2.24, 2.45) is 0 Å². The van der Waals surface area contributed by atoms with Gasteiger partial charge in [-0.05, 0) is 19.4 Å². The fraction of sp³-hybridized carbons (Fsp3) is 0.444. The van der Waals surface area contributed by atoms with Crippen LogP contribution in [0.25, 0.3) is 0 Å². The number of carbonyl (C=O) groups is 1. The lowest BCUT2D eigenvalue weighted by Crippen LogP contribution is -2.01. The number of ether oxygens (including phenoxy) is 1. The summed E-state index contributed by atoms with van der Waals surface area (Å²) in [6.45, 7) is 5.62. The second-order valence-electron chi connectivity index (χ2n) is 2.77. The molecule has 0 amide bonds. The first-order valence-electron chi connectivity index (χ1n) is 3.71. The number of hydrogen-bond acceptors (Lipinski definition) is 2. The molecule has 11 heavy (non-hydrogen) atoms. The van der Waals surface area contributed by atoms with Crippen molar-refractivity contribution in [2.45, 2.75) is 25.9 Å². The minimum Gasteiger partial charge on any atom is -0.458 e. The molecule has 0 aromatic carbocycles. The zero-order chi connectivity index (χ0) is 8.27. The van der Waals surface area contributed by atoms with E-state index in [-0.39, 0.29) is 12.1 Å². The molecule has 0 N–H and O–H groups in total. The van der Waals surface area contributed by atoms with Crippen LogP contribution in [0.3, 0.4) is 0 Å². The molecule has 0 aromatic rings. The maximum absolute atomic E-state index is 10.6. The summed E-state index contributed by atoms with van der Waals surface area (Å²) in [5, 5.41) is 0. The minimum absolute atomic E-state index is 0.0146. The molecule has 0 saturated carbocycles. The van der Waals surface area contributed by atoms with E-state index < -0.39 is 0 Å². The molecule has 1 heterocycles. The van der Waals surface area contributed by atoms with Crippen LogP contribution in [0.15, 0.2) is 24.3 Å². The highest BCUT2D eigenvalue weighted by molar-refractivity contribution is 5.71. The lowest BCUT2D eigenvalue weighted by atomic mass is 10.2. The molecule has 0 bridgehead atoms. The Bertz CT molecular complexity index is 204. The number of rotatable bonds is 2. The van der Waals surface area contributed by atoms with Gasteiger partial charge in [0, 0.05) is 6.42 Å². The molecule has 0 spiro atoms. The predicted octanol–water partition coefficient (Wildman–Crippen LogP) is 1.82. The average Bonchev–Trinajstić information content (AvgIpc) is 2.31. The molecular formula is C9H12O2. The van der Waals surface area contributed by atoms with E-state index >= 15 is 0 Å². The molecule has 1 saturated heterocycles. The van der Waals surface area contributed by atoms with Crippen LogP contribution in [0.1, 0.15) is 19.8 Å². The molecule has 1 fully saturated rings. The summed E-state index contributed by atoms with van der Waals surface area (Å²) >= 11 is 0. The molecule has 60 valence electrons. The minimum atomic E-state index is -0.0960. The van der Waals surface area contributed by atoms with Crippen LogP contribution >= 0.6 is 0 Å². The SMILES string of the molecule is C=C(C)/C=C\C1CCC(=O)O1. The van der Waals surface area contributed by atoms with Gasteiger partial charge in [-0.15, -0.1) is 0 Å². The Balaban J connectivity index is 2.39. The first-order chi connectivity index (χ1) is 5.18. The van der Waals surface area contributed by atoms with E-state index in [1.54, 1.807) is 0 Å². The van der Waals surface area contributed by atoms with Crippen LogP contribution in [0.5, 0.6) is 0 Å². The summed E-state index contributed by atoms with van der Waals surface area (Å²) in [6, 6.07) is 0. The third kappa shape index (κ3) is 2.58. The average molecular weight is 152 g/mol. The van der Waals surface area contributed by atoms with Crippen LogP contribution in [-0.4, -0.2) is 12.1 Å². The predicted molar refractivity (Wildman–Crippen MR) is 43.1 cm³/mol. The number of carbonyl (C=O) groups excluding carboxylic acids is 1. The largest absolute Gasteiger partial charge is 0.458 e. The topological polar surface area (TPSA) is 26.3 Å². The smallest absolute Gasteiger partial charge is 0.306 e. The summed E-state index contributed by atoms with van der Waals surface area (Å²) in [5.74, 6) is -0.0960. The molecule has 2 heteroatoms. The third-order valence-corrected chi connectivity index (χ3v) is 1.51. The van der Waals surface area contributed by atoms with Gasteiger partial charge in [0.1, 0.15) is 6.10 Å². The van der Waals surface area contributed by atoms with E-state index in [4.69, 9.17) is 4.74 Å². The molecular weight excluding hydrogens is 140 g/mol. The maximum atomic E-state index is 10.6. The van der Waals surface area contributed by atoms with Crippen LogP contribution in [-0.2, 0) is 9.53 Å². The van der Waals surface area contributed by atoms with Gasteiger partial charge in [-0.3, -0.25) is 4.79 Å². The van der Waals surface area contributed by atoms with Crippen molar-refractivity contribution in [3.63, 3.8) is 0 Å². The van der Waals surface area contributed by atoms with Gasteiger partial charge >= 0.3 is 5.97 Å². The molecule has 1 atom stereocenters. The van der Waals surface area contributed by atoms with Crippen molar-refractivity contribution in [1.29, 1.82) is 0 Å². The first kappa shape index (κ1) is 8.05. The van der Waals surface area contributed by atoms with Gasteiger partial charge in [0.05, 0.1) is 0 Å². The van der Waals surface area contributed by atoms with Crippen molar-refractivity contribution >= 4 is 5.97 Å². The number of hydrogen-bond donors (Lipinski definition) is 0. The van der Waals surface area contributed by atoms with Gasteiger partial charge in [0.25, 0.3) is 0 Å². The third-order valence-electron chi connectivity index (χ3n) is 1.51. The molecule has 1 rings (SSSR count). The van der Waals surface area contributed by atoms with Crippen molar-refractivity contribution < 1.29 is 9.53 Å². The zero-order valence-electron chi connectivity index (χ0n) is 6.67. The molecule has 1 aliphatic heterocycles. The highest BCUT2D eigenvalue weighted by Crippen LogP contribution is 2.14. The van der Waals surface area contributed by atoms with E-state index in [1.807, 2.05) is 19.1 Å². The van der Waals surface area contributed by atoms with Gasteiger partial charge in [-0.2, -0.15) is 0 Å². The van der Waals surface area contributed by atoms with Crippen LogP contribution in [0.2, 0.25) is 0 Å². The lowest BCUT2D eigenvalue weighted by Gasteiger charge is -2.00. The Kier molecular flexibility index (Phi) is 2.47. The van der Waals surface area contributed by atoms with Crippen molar-refractivity contribution in [3.8, 4) is 0 Å². The summed E-state index contributed by atoms with van der Waals surface area (Å²) in [6.07, 6.45) is 5.10. The zero-order valence-corrected chi connectivity index (χ0v) is 6.67. The maximum Gasteiger partial charge on any atom is 0.306 e. The monoisotopic (exact) mass is 152 g/mol. The van der Waals surface area contributed by atoms with Gasteiger partial charge in [-0.25, -0.2) is 0 Å². The molecule has 0 aliphatic carbocycles. The van der Waals surface area contributed by atoms with Crippen LogP contribution in [0, 0.1) is 0 Å². The Hall–Kier alpha value is -1.05. The van der Waals surface area contributed by atoms with Crippen LogP contribution < -0.4 is 0 Å². The first-order valence-corrected chi connectivity index (χ1v) is 3.71. The number of esters is 1. The van der Waals surface area contributed by atoms with E-state index in [1.165, 1.54) is 0 Å². The summed E-state index contributed by atoms with van der Waals surface area (Å²) in [7, 11) is 0. The van der Waals surface area contributed by atoms with Crippen LogP contribution in [0.4, 0.5) is 0 Å². The fourth-order valence-electron chi connectivity index (χ4n) is 0.954. The lowest BCUT2D eigenvalue weighted by molar-refractivity contribution is -0.139. The van der Waals surface area contributed by atoms with Gasteiger partial charge in [0.15, 0.2) is 0 Å². The van der Waals surface area contributed by atoms with E-state index in [0.717, 1.165) is 12.0 Å². The van der Waals surface area contributed by atoms with Crippen molar-refractivity contribution in [3.05, 3.63) is 24.3 Å². The normalized spacial score (nSPS) is 24.1. The molecule has 2 nitrogen and oxygen atoms in total. The highest BCUT2D eigenvalue weighted by atomic mass is 16.5. The van der Waals surface area contributed by atoms with Gasteiger partial charge in [-0.1, -0.05) is 18.2 Å². The second kappa shape index (κ2) is 3.37. The van der Waals surface area contributed by atoms with E-state index in [0.29, 0.717) is 6.42 Å². The Labute approximate surface area is 66.5 Å². The molecule has 0 radical (unpaired) electrons. The Morgan fingerprint density at radius 1 is 1.82 bits per heavy atom. The highest BCUT2D eigenvalue weighted by Gasteiger charge is 2.19. The van der Waals surface area contributed by atoms with Crippen molar-refractivity contribution in [1.82, 2.24) is 0 Å². The Morgan fingerprint density at radius 2 is 2.55 bits per heavy atom. The summed E-state index contributed by atoms with van der Waals surface area (Å²) in [4.78, 5) is 10.6. The molecule has 1 aliphatic rings.